The largest absolute Gasteiger partial charge is 0.467 e. The van der Waals surface area contributed by atoms with E-state index in [9.17, 15) is 38.4 Å². The van der Waals surface area contributed by atoms with Crippen LogP contribution in [0.15, 0.2) is 48.5 Å². The van der Waals surface area contributed by atoms with Gasteiger partial charge < -0.3 is 30.7 Å². The molecule has 44 heavy (non-hydrogen) atoms. The molecule has 0 aliphatic carbocycles. The third-order valence-electron chi connectivity index (χ3n) is 6.28. The van der Waals surface area contributed by atoms with Gasteiger partial charge in [-0.1, -0.05) is 52.0 Å². The van der Waals surface area contributed by atoms with Gasteiger partial charge >= 0.3 is 23.8 Å². The highest BCUT2D eigenvalue weighted by molar-refractivity contribution is 6.48. The number of nitrogens with one attached hydrogen (secondary N) is 4. The summed E-state index contributed by atoms with van der Waals surface area (Å²) in [6.07, 6.45) is 0. The molecular formula is C30H34N4O10. The van der Waals surface area contributed by atoms with E-state index in [1.165, 1.54) is 48.5 Å². The Morgan fingerprint density at radius 2 is 0.841 bits per heavy atom. The van der Waals surface area contributed by atoms with Gasteiger partial charge in [0.1, 0.15) is 12.1 Å². The molecule has 2 aromatic rings. The van der Waals surface area contributed by atoms with Crippen molar-refractivity contribution in [2.24, 2.45) is 11.8 Å². The number of rotatable bonds is 12. The van der Waals surface area contributed by atoms with Crippen molar-refractivity contribution >= 4 is 58.5 Å². The number of hydrogen-bond donors (Lipinski definition) is 4. The van der Waals surface area contributed by atoms with E-state index < -0.39 is 71.1 Å². The molecule has 4 N–H and O–H groups in total. The standard InChI is InChI=1S/C30H34N4O10/c1-15(2)21(29(41)43-5)33-25(37)23(35)17-11-7-9-13-19(17)31-27(39)28(40)32-20-14-10-8-12-18(20)24(36)26(38)34-22(16(3)4)30(42)44-6/h7-16,21-22H,1-6H3,(H,31,39)(H,32,40)(H,33,37)(H,34,38)/t21-,22-/m0/s1. The van der Waals surface area contributed by atoms with Crippen LogP contribution in [-0.4, -0.2) is 73.4 Å². The number of ether oxygens (including phenoxy) is 2. The Hall–Kier alpha value is -5.40. The van der Waals surface area contributed by atoms with Gasteiger partial charge in [0.25, 0.3) is 23.4 Å². The number of carbonyl (C=O) groups is 8. The highest BCUT2D eigenvalue weighted by Crippen LogP contribution is 2.19. The molecule has 14 heteroatoms. The molecule has 0 fully saturated rings. The van der Waals surface area contributed by atoms with Gasteiger partial charge in [-0.25, -0.2) is 9.59 Å². The monoisotopic (exact) mass is 610 g/mol. The number of para-hydroxylation sites is 2. The lowest BCUT2D eigenvalue weighted by Gasteiger charge is -2.20. The SMILES string of the molecule is COC(=O)[C@@H](NC(=O)C(=O)c1ccccc1NC(=O)C(=O)Nc1ccccc1C(=O)C(=O)N[C@H](C(=O)OC)C(C)C)C(C)C. The van der Waals surface area contributed by atoms with Gasteiger partial charge in [-0.2, -0.15) is 0 Å². The van der Waals surface area contributed by atoms with Gasteiger partial charge in [0.05, 0.1) is 36.7 Å². The summed E-state index contributed by atoms with van der Waals surface area (Å²) in [4.78, 5) is 101. The van der Waals surface area contributed by atoms with Gasteiger partial charge in [-0.3, -0.25) is 28.8 Å². The topological polar surface area (TPSA) is 203 Å². The number of anilines is 2. The molecule has 0 bridgehead atoms. The molecule has 234 valence electrons. The van der Waals surface area contributed by atoms with Crippen molar-refractivity contribution < 1.29 is 47.8 Å². The van der Waals surface area contributed by atoms with Crippen LogP contribution >= 0.6 is 0 Å². The number of esters is 2. The zero-order valence-corrected chi connectivity index (χ0v) is 25.0. The van der Waals surface area contributed by atoms with E-state index in [0.29, 0.717) is 0 Å². The zero-order valence-electron chi connectivity index (χ0n) is 25.0. The van der Waals surface area contributed by atoms with Crippen LogP contribution in [0, 0.1) is 11.8 Å². The molecule has 0 saturated heterocycles. The van der Waals surface area contributed by atoms with Crippen molar-refractivity contribution in [1.29, 1.82) is 0 Å². The fraction of sp³-hybridized carbons (Fsp3) is 0.333. The van der Waals surface area contributed by atoms with Crippen LogP contribution in [0.2, 0.25) is 0 Å². The summed E-state index contributed by atoms with van der Waals surface area (Å²) in [5.74, 6) is -9.30. The molecule has 4 amide bonds. The molecule has 0 aliphatic heterocycles. The van der Waals surface area contributed by atoms with E-state index in [4.69, 9.17) is 0 Å². The molecule has 2 aromatic carbocycles. The summed E-state index contributed by atoms with van der Waals surface area (Å²) in [7, 11) is 2.27. The number of benzene rings is 2. The summed E-state index contributed by atoms with van der Waals surface area (Å²) in [6, 6.07) is 8.56. The molecule has 0 heterocycles. The van der Waals surface area contributed by atoms with E-state index >= 15 is 0 Å². The lowest BCUT2D eigenvalue weighted by atomic mass is 10.0. The number of amides is 4. The Morgan fingerprint density at radius 1 is 0.523 bits per heavy atom. The molecule has 0 aromatic heterocycles. The lowest BCUT2D eigenvalue weighted by molar-refractivity contribution is -0.146. The molecule has 0 spiro atoms. The maximum Gasteiger partial charge on any atom is 0.328 e. The number of methoxy groups -OCH3 is 2. The predicted molar refractivity (Wildman–Crippen MR) is 156 cm³/mol. The summed E-state index contributed by atoms with van der Waals surface area (Å²) < 4.78 is 9.32. The molecule has 14 nitrogen and oxygen atoms in total. The maximum atomic E-state index is 12.9. The maximum absolute atomic E-state index is 12.9. The molecule has 0 aliphatic rings. The van der Waals surface area contributed by atoms with Gasteiger partial charge in [-0.15, -0.1) is 0 Å². The van der Waals surface area contributed by atoms with E-state index in [-0.39, 0.29) is 22.5 Å². The van der Waals surface area contributed by atoms with Gasteiger partial charge in [0.15, 0.2) is 0 Å². The van der Waals surface area contributed by atoms with Crippen LogP contribution in [0.1, 0.15) is 48.4 Å². The van der Waals surface area contributed by atoms with Crippen LogP contribution in [-0.2, 0) is 38.2 Å². The van der Waals surface area contributed by atoms with E-state index in [2.05, 4.69) is 30.7 Å². The predicted octanol–water partition coefficient (Wildman–Crippen LogP) is 1.26. The number of carbonyl (C=O) groups excluding carboxylic acids is 8. The minimum atomic E-state index is -1.27. The fourth-order valence-electron chi connectivity index (χ4n) is 3.85. The first-order valence-corrected chi connectivity index (χ1v) is 13.4. The third kappa shape index (κ3) is 8.80. The summed E-state index contributed by atoms with van der Waals surface area (Å²) in [5, 5.41) is 9.11. The molecular weight excluding hydrogens is 576 g/mol. The highest BCUT2D eigenvalue weighted by Gasteiger charge is 2.31. The summed E-state index contributed by atoms with van der Waals surface area (Å²) in [6.45, 7) is 6.56. The van der Waals surface area contributed by atoms with Crippen molar-refractivity contribution in [3.63, 3.8) is 0 Å². The van der Waals surface area contributed by atoms with E-state index in [1.54, 1.807) is 27.7 Å². The second kappa shape index (κ2) is 15.7. The Morgan fingerprint density at radius 3 is 1.14 bits per heavy atom. The van der Waals surface area contributed by atoms with Crippen LogP contribution < -0.4 is 21.3 Å². The second-order valence-electron chi connectivity index (χ2n) is 10.1. The number of Topliss-reactive ketones (excluding diaryl/α,β-unsaturated/α-hetero) is 2. The zero-order chi connectivity index (χ0) is 33.1. The molecule has 0 radical (unpaired) electrons. The Bertz CT molecular complexity index is 1360. The van der Waals surface area contributed by atoms with Crippen LogP contribution in [0.5, 0.6) is 0 Å². The van der Waals surface area contributed by atoms with Gasteiger partial charge in [0, 0.05) is 0 Å². The summed E-state index contributed by atoms with van der Waals surface area (Å²) >= 11 is 0. The van der Waals surface area contributed by atoms with Crippen LogP contribution in [0.25, 0.3) is 0 Å². The molecule has 2 rings (SSSR count). The summed E-state index contributed by atoms with van der Waals surface area (Å²) in [5.41, 5.74) is -0.899. The van der Waals surface area contributed by atoms with Crippen LogP contribution in [0.3, 0.4) is 0 Å². The van der Waals surface area contributed by atoms with E-state index in [1.807, 2.05) is 0 Å². The Kier molecular flexibility index (Phi) is 12.4. The first-order valence-electron chi connectivity index (χ1n) is 13.4. The minimum absolute atomic E-state index is 0.182. The van der Waals surface area contributed by atoms with Crippen molar-refractivity contribution in [1.82, 2.24) is 10.6 Å². The average Bonchev–Trinajstić information content (AvgIpc) is 3.00. The smallest absolute Gasteiger partial charge is 0.328 e. The molecule has 0 unspecified atom stereocenters. The number of ketones is 2. The van der Waals surface area contributed by atoms with Crippen molar-refractivity contribution in [3.8, 4) is 0 Å². The fourth-order valence-corrected chi connectivity index (χ4v) is 3.85. The average molecular weight is 611 g/mol. The van der Waals surface area contributed by atoms with E-state index in [0.717, 1.165) is 14.2 Å². The van der Waals surface area contributed by atoms with Gasteiger partial charge in [0.2, 0.25) is 0 Å². The van der Waals surface area contributed by atoms with Gasteiger partial charge in [-0.05, 0) is 36.1 Å². The minimum Gasteiger partial charge on any atom is -0.467 e. The Balaban J connectivity index is 2.21. The second-order valence-corrected chi connectivity index (χ2v) is 10.1. The third-order valence-corrected chi connectivity index (χ3v) is 6.28. The highest BCUT2D eigenvalue weighted by atomic mass is 16.5. The number of hydrogen-bond acceptors (Lipinski definition) is 10. The first-order chi connectivity index (χ1) is 20.7. The van der Waals surface area contributed by atoms with Crippen molar-refractivity contribution in [3.05, 3.63) is 59.7 Å². The first kappa shape index (κ1) is 34.8. The van der Waals surface area contributed by atoms with Crippen LogP contribution in [0.4, 0.5) is 11.4 Å². The molecule has 0 saturated carbocycles. The molecule has 2 atom stereocenters. The normalized spacial score (nSPS) is 11.9. The Labute approximate surface area is 253 Å². The van der Waals surface area contributed by atoms with Crippen molar-refractivity contribution in [2.45, 2.75) is 39.8 Å². The quantitative estimate of drug-likeness (QED) is 0.154. The van der Waals surface area contributed by atoms with Crippen molar-refractivity contribution in [2.75, 3.05) is 24.9 Å². The lowest BCUT2D eigenvalue weighted by Crippen LogP contribution is -2.47.